The van der Waals surface area contributed by atoms with Crippen molar-refractivity contribution < 1.29 is 9.90 Å². The van der Waals surface area contributed by atoms with E-state index in [-0.39, 0.29) is 12.0 Å². The first-order valence-electron chi connectivity index (χ1n) is 9.48. The Labute approximate surface area is 148 Å². The van der Waals surface area contributed by atoms with Gasteiger partial charge in [-0.05, 0) is 38.3 Å². The summed E-state index contributed by atoms with van der Waals surface area (Å²) in [7, 11) is 0. The maximum Gasteiger partial charge on any atom is 0.270 e. The quantitative estimate of drug-likeness (QED) is 0.932. The van der Waals surface area contributed by atoms with Gasteiger partial charge < -0.3 is 14.6 Å². The average Bonchev–Trinajstić information content (AvgIpc) is 3.24. The van der Waals surface area contributed by atoms with Crippen LogP contribution < -0.4 is 0 Å². The molecule has 25 heavy (non-hydrogen) atoms. The lowest BCUT2D eigenvalue weighted by molar-refractivity contribution is 0.0311. The number of aryl methyl sites for hydroxylation is 1. The molecule has 134 valence electrons. The number of carbonyl (C=O) groups is 1. The highest BCUT2D eigenvalue weighted by atomic mass is 16.3. The van der Waals surface area contributed by atoms with Crippen LogP contribution in [0.2, 0.25) is 0 Å². The topological polar surface area (TPSA) is 48.7 Å². The normalized spacial score (nSPS) is 25.0. The van der Waals surface area contributed by atoms with Crippen molar-refractivity contribution in [2.24, 2.45) is 0 Å². The highest BCUT2D eigenvalue weighted by molar-refractivity contribution is 5.98. The first-order valence-corrected chi connectivity index (χ1v) is 9.48. The number of aliphatic hydroxyl groups excluding tert-OH is 1. The predicted molar refractivity (Wildman–Crippen MR) is 98.7 cm³/mol. The molecule has 2 fully saturated rings. The van der Waals surface area contributed by atoms with Crippen LogP contribution in [0.1, 0.15) is 36.7 Å². The minimum atomic E-state index is -0.190. The van der Waals surface area contributed by atoms with E-state index in [2.05, 4.69) is 28.5 Å². The van der Waals surface area contributed by atoms with Crippen molar-refractivity contribution in [3.8, 4) is 0 Å². The molecule has 4 rings (SSSR count). The Morgan fingerprint density at radius 3 is 2.60 bits per heavy atom. The zero-order valence-electron chi connectivity index (χ0n) is 14.9. The van der Waals surface area contributed by atoms with Gasteiger partial charge in [-0.25, -0.2) is 0 Å². The number of fused-ring (bicyclic) bond motifs is 1. The number of para-hydroxylation sites is 1. The fourth-order valence-corrected chi connectivity index (χ4v) is 4.49. The molecule has 1 aromatic carbocycles. The molecule has 1 aliphatic carbocycles. The van der Waals surface area contributed by atoms with E-state index in [9.17, 15) is 9.90 Å². The fraction of sp³-hybridized carbons (Fsp3) is 0.550. The number of carbonyl (C=O) groups excluding carboxylic acids is 1. The molecule has 1 amide bonds. The standard InChI is InChI=1S/C20H27N3O2/c1-2-23-16-7-4-3-6-15(16)14-18(23)20(25)22-12-10-21(11-13-22)17-8-5-9-19(17)24/h3-4,6-7,14,17,19,24H,2,5,8-13H2,1H3/t17-,19-/m0/s1. The van der Waals surface area contributed by atoms with Gasteiger partial charge in [-0.15, -0.1) is 0 Å². The number of piperazine rings is 1. The Morgan fingerprint density at radius 1 is 1.16 bits per heavy atom. The van der Waals surface area contributed by atoms with Crippen LogP contribution in [-0.2, 0) is 6.54 Å². The summed E-state index contributed by atoms with van der Waals surface area (Å²) in [5.74, 6) is 0.129. The lowest BCUT2D eigenvalue weighted by atomic mass is 10.1. The summed E-state index contributed by atoms with van der Waals surface area (Å²) in [6, 6.07) is 10.5. The van der Waals surface area contributed by atoms with Gasteiger partial charge in [0.2, 0.25) is 0 Å². The van der Waals surface area contributed by atoms with Gasteiger partial charge in [0.05, 0.1) is 6.10 Å². The van der Waals surface area contributed by atoms with Crippen molar-refractivity contribution in [3.05, 3.63) is 36.0 Å². The number of benzene rings is 1. The molecule has 5 nitrogen and oxygen atoms in total. The van der Waals surface area contributed by atoms with Crippen LogP contribution in [-0.4, -0.2) is 63.7 Å². The van der Waals surface area contributed by atoms with Gasteiger partial charge in [0.15, 0.2) is 0 Å². The minimum absolute atomic E-state index is 0.129. The van der Waals surface area contributed by atoms with Crippen LogP contribution in [0.15, 0.2) is 30.3 Å². The minimum Gasteiger partial charge on any atom is -0.391 e. The average molecular weight is 341 g/mol. The van der Waals surface area contributed by atoms with Gasteiger partial charge in [0.1, 0.15) is 5.69 Å². The maximum absolute atomic E-state index is 13.1. The van der Waals surface area contributed by atoms with E-state index in [1.807, 2.05) is 23.1 Å². The van der Waals surface area contributed by atoms with E-state index < -0.39 is 0 Å². The molecule has 0 radical (unpaired) electrons. The Bertz CT molecular complexity index is 761. The molecular formula is C20H27N3O2. The van der Waals surface area contributed by atoms with Crippen LogP contribution in [0.4, 0.5) is 0 Å². The monoisotopic (exact) mass is 341 g/mol. The number of hydrogen-bond donors (Lipinski definition) is 1. The molecule has 0 unspecified atom stereocenters. The Morgan fingerprint density at radius 2 is 1.92 bits per heavy atom. The first kappa shape index (κ1) is 16.6. The summed E-state index contributed by atoms with van der Waals surface area (Å²) >= 11 is 0. The smallest absolute Gasteiger partial charge is 0.270 e. The predicted octanol–water partition coefficient (Wildman–Crippen LogP) is 2.33. The molecule has 1 saturated carbocycles. The maximum atomic E-state index is 13.1. The molecule has 2 aromatic rings. The van der Waals surface area contributed by atoms with Gasteiger partial charge in [0.25, 0.3) is 5.91 Å². The third-order valence-electron chi connectivity index (χ3n) is 5.86. The van der Waals surface area contributed by atoms with Gasteiger partial charge in [-0.2, -0.15) is 0 Å². The Balaban J connectivity index is 1.49. The van der Waals surface area contributed by atoms with E-state index in [1.54, 1.807) is 0 Å². The second-order valence-corrected chi connectivity index (χ2v) is 7.23. The van der Waals surface area contributed by atoms with E-state index in [1.165, 1.54) is 0 Å². The molecule has 2 aliphatic rings. The summed E-state index contributed by atoms with van der Waals surface area (Å²) in [5.41, 5.74) is 1.92. The molecule has 1 aliphatic heterocycles. The highest BCUT2D eigenvalue weighted by Gasteiger charge is 2.33. The van der Waals surface area contributed by atoms with Crippen LogP contribution in [0.25, 0.3) is 10.9 Å². The lowest BCUT2D eigenvalue weighted by Crippen LogP contribution is -2.53. The summed E-state index contributed by atoms with van der Waals surface area (Å²) in [6.45, 7) is 6.09. The van der Waals surface area contributed by atoms with Crippen molar-refractivity contribution in [2.75, 3.05) is 26.2 Å². The Kier molecular flexibility index (Phi) is 4.52. The molecule has 1 N–H and O–H groups in total. The third kappa shape index (κ3) is 2.96. The summed E-state index contributed by atoms with van der Waals surface area (Å²) < 4.78 is 2.12. The lowest BCUT2D eigenvalue weighted by Gasteiger charge is -2.39. The molecular weight excluding hydrogens is 314 g/mol. The van der Waals surface area contributed by atoms with Crippen molar-refractivity contribution in [3.63, 3.8) is 0 Å². The highest BCUT2D eigenvalue weighted by Crippen LogP contribution is 2.26. The van der Waals surface area contributed by atoms with E-state index in [0.29, 0.717) is 6.04 Å². The van der Waals surface area contributed by atoms with Crippen molar-refractivity contribution in [2.45, 2.75) is 44.9 Å². The SMILES string of the molecule is CCn1c(C(=O)N2CCN([C@H]3CCC[C@@H]3O)CC2)cc2ccccc21. The number of rotatable bonds is 3. The van der Waals surface area contributed by atoms with Gasteiger partial charge >= 0.3 is 0 Å². The second-order valence-electron chi connectivity index (χ2n) is 7.23. The van der Waals surface area contributed by atoms with E-state index in [4.69, 9.17) is 0 Å². The number of aliphatic hydroxyl groups is 1. The van der Waals surface area contributed by atoms with Crippen LogP contribution in [0.3, 0.4) is 0 Å². The Hall–Kier alpha value is -1.85. The molecule has 1 saturated heterocycles. The first-order chi connectivity index (χ1) is 12.2. The van der Waals surface area contributed by atoms with Crippen LogP contribution >= 0.6 is 0 Å². The third-order valence-corrected chi connectivity index (χ3v) is 5.86. The number of hydrogen-bond acceptors (Lipinski definition) is 3. The zero-order chi connectivity index (χ0) is 17.4. The molecule has 2 heterocycles. The molecule has 0 spiro atoms. The number of aromatic nitrogens is 1. The van der Waals surface area contributed by atoms with E-state index in [0.717, 1.165) is 68.6 Å². The number of amides is 1. The van der Waals surface area contributed by atoms with Crippen molar-refractivity contribution in [1.29, 1.82) is 0 Å². The second kappa shape index (κ2) is 6.81. The molecule has 1 aromatic heterocycles. The largest absolute Gasteiger partial charge is 0.391 e. The van der Waals surface area contributed by atoms with Crippen molar-refractivity contribution in [1.82, 2.24) is 14.4 Å². The summed E-state index contributed by atoms with van der Waals surface area (Å²) in [4.78, 5) is 17.4. The van der Waals surface area contributed by atoms with Gasteiger partial charge in [-0.1, -0.05) is 18.2 Å². The van der Waals surface area contributed by atoms with Crippen LogP contribution in [0.5, 0.6) is 0 Å². The summed E-state index contributed by atoms with van der Waals surface area (Å²) in [6.07, 6.45) is 2.92. The molecule has 2 atom stereocenters. The summed E-state index contributed by atoms with van der Waals surface area (Å²) in [5, 5.41) is 11.2. The van der Waals surface area contributed by atoms with E-state index >= 15 is 0 Å². The molecule has 0 bridgehead atoms. The van der Waals surface area contributed by atoms with Gasteiger partial charge in [-0.3, -0.25) is 9.69 Å². The zero-order valence-corrected chi connectivity index (χ0v) is 14.9. The fourth-order valence-electron chi connectivity index (χ4n) is 4.49. The van der Waals surface area contributed by atoms with Gasteiger partial charge in [0, 0.05) is 49.7 Å². The number of nitrogens with zero attached hydrogens (tertiary/aromatic N) is 3. The van der Waals surface area contributed by atoms with Crippen LogP contribution in [0, 0.1) is 0 Å². The molecule has 5 heteroatoms. The van der Waals surface area contributed by atoms with Crippen molar-refractivity contribution >= 4 is 16.8 Å².